The monoisotopic (exact) mass is 397 g/mol. The van der Waals surface area contributed by atoms with E-state index in [-0.39, 0.29) is 11.4 Å². The fourth-order valence-electron chi connectivity index (χ4n) is 5.96. The molecule has 1 aromatic rings. The third kappa shape index (κ3) is 3.78. The molecule has 5 nitrogen and oxygen atoms in total. The topological polar surface area (TPSA) is 54.5 Å². The number of rotatable bonds is 6. The quantitative estimate of drug-likeness (QED) is 0.751. The average Bonchev–Trinajstić information content (AvgIpc) is 3.27. The van der Waals surface area contributed by atoms with E-state index in [1.54, 1.807) is 0 Å². The highest BCUT2D eigenvalue weighted by atomic mass is 16.5. The molecule has 158 valence electrons. The summed E-state index contributed by atoms with van der Waals surface area (Å²) in [4.78, 5) is 20.0. The van der Waals surface area contributed by atoms with Crippen molar-refractivity contribution in [2.75, 3.05) is 30.0 Å². The minimum Gasteiger partial charge on any atom is -0.377 e. The van der Waals surface area contributed by atoms with Crippen molar-refractivity contribution in [3.8, 4) is 0 Å². The molecule has 1 atom stereocenters. The second kappa shape index (κ2) is 7.57. The van der Waals surface area contributed by atoms with Crippen LogP contribution in [-0.4, -0.2) is 36.2 Å². The minimum absolute atomic E-state index is 0.131. The van der Waals surface area contributed by atoms with Crippen molar-refractivity contribution in [3.05, 3.63) is 18.3 Å². The van der Waals surface area contributed by atoms with Gasteiger partial charge in [0.25, 0.3) is 0 Å². The van der Waals surface area contributed by atoms with Crippen LogP contribution in [0.4, 0.5) is 11.5 Å². The fraction of sp³-hybridized carbons (Fsp3) is 0.750. The van der Waals surface area contributed by atoms with E-state index >= 15 is 0 Å². The number of nitrogens with one attached hydrogen (secondary N) is 1. The molecule has 0 aromatic carbocycles. The molecule has 5 heteroatoms. The summed E-state index contributed by atoms with van der Waals surface area (Å²) in [5.41, 5.74) is 1.36. The molecule has 29 heavy (non-hydrogen) atoms. The van der Waals surface area contributed by atoms with Gasteiger partial charge in [-0.05, 0) is 55.1 Å². The number of ether oxygens (including phenoxy) is 1. The van der Waals surface area contributed by atoms with Crippen LogP contribution in [0, 0.1) is 17.3 Å². The van der Waals surface area contributed by atoms with E-state index in [1.807, 2.05) is 12.3 Å². The first-order chi connectivity index (χ1) is 14.1. The minimum atomic E-state index is 0.131. The Labute approximate surface area is 174 Å². The molecule has 1 unspecified atom stereocenters. The number of carbonyl (C=O) groups is 1. The predicted molar refractivity (Wildman–Crippen MR) is 115 cm³/mol. The van der Waals surface area contributed by atoms with E-state index in [9.17, 15) is 4.79 Å². The maximum Gasteiger partial charge on any atom is 0.224 e. The molecule has 4 fully saturated rings. The lowest BCUT2D eigenvalue weighted by molar-refractivity contribution is -0.118. The Hall–Kier alpha value is -1.62. The highest BCUT2D eigenvalue weighted by Gasteiger charge is 2.49. The number of aromatic nitrogens is 1. The highest BCUT2D eigenvalue weighted by Crippen LogP contribution is 2.58. The van der Waals surface area contributed by atoms with Crippen molar-refractivity contribution in [2.24, 2.45) is 17.3 Å². The van der Waals surface area contributed by atoms with E-state index in [1.165, 1.54) is 57.8 Å². The van der Waals surface area contributed by atoms with Gasteiger partial charge in [-0.2, -0.15) is 0 Å². The smallest absolute Gasteiger partial charge is 0.224 e. The number of hydrogen-bond acceptors (Lipinski definition) is 4. The summed E-state index contributed by atoms with van der Waals surface area (Å²) in [6.07, 6.45) is 14.0. The molecule has 3 saturated carbocycles. The van der Waals surface area contributed by atoms with Crippen LogP contribution in [0.1, 0.15) is 71.1 Å². The Kier molecular flexibility index (Phi) is 5.05. The van der Waals surface area contributed by atoms with Gasteiger partial charge in [-0.25, -0.2) is 4.98 Å². The van der Waals surface area contributed by atoms with Crippen molar-refractivity contribution < 1.29 is 9.53 Å². The normalized spacial score (nSPS) is 26.2. The zero-order chi connectivity index (χ0) is 19.9. The zero-order valence-corrected chi connectivity index (χ0v) is 17.8. The molecule has 1 saturated heterocycles. The van der Waals surface area contributed by atoms with E-state index in [0.29, 0.717) is 17.8 Å². The van der Waals surface area contributed by atoms with Crippen molar-refractivity contribution in [1.82, 2.24) is 4.98 Å². The van der Waals surface area contributed by atoms with Gasteiger partial charge in [0.15, 0.2) is 0 Å². The molecule has 4 aliphatic rings. The second-order valence-electron chi connectivity index (χ2n) is 10.2. The van der Waals surface area contributed by atoms with Crippen molar-refractivity contribution in [3.63, 3.8) is 0 Å². The van der Waals surface area contributed by atoms with Gasteiger partial charge in [-0.3, -0.25) is 4.79 Å². The van der Waals surface area contributed by atoms with Crippen molar-refractivity contribution in [1.29, 1.82) is 0 Å². The summed E-state index contributed by atoms with van der Waals surface area (Å²) in [7, 11) is 0. The van der Waals surface area contributed by atoms with Gasteiger partial charge in [0, 0.05) is 13.0 Å². The summed E-state index contributed by atoms with van der Waals surface area (Å²) in [6, 6.07) is 4.10. The van der Waals surface area contributed by atoms with Crippen LogP contribution in [0.3, 0.4) is 0 Å². The maximum atomic E-state index is 12.8. The van der Waals surface area contributed by atoms with Gasteiger partial charge < -0.3 is 15.0 Å². The van der Waals surface area contributed by atoms with Crippen LogP contribution in [-0.2, 0) is 9.53 Å². The number of nitrogens with zero attached hydrogens (tertiary/aromatic N) is 2. The Morgan fingerprint density at radius 3 is 2.66 bits per heavy atom. The summed E-state index contributed by atoms with van der Waals surface area (Å²) in [5, 5.41) is 3.12. The highest BCUT2D eigenvalue weighted by molar-refractivity contribution is 5.90. The average molecular weight is 398 g/mol. The van der Waals surface area contributed by atoms with Gasteiger partial charge in [-0.1, -0.05) is 39.0 Å². The lowest BCUT2D eigenvalue weighted by atomic mass is 9.68. The number of morpholine rings is 1. The lowest BCUT2D eigenvalue weighted by Gasteiger charge is -2.45. The largest absolute Gasteiger partial charge is 0.377 e. The van der Waals surface area contributed by atoms with Gasteiger partial charge in [0.2, 0.25) is 5.91 Å². The van der Waals surface area contributed by atoms with E-state index < -0.39 is 0 Å². The van der Waals surface area contributed by atoms with Gasteiger partial charge in [0.1, 0.15) is 5.82 Å². The summed E-state index contributed by atoms with van der Waals surface area (Å²) < 4.78 is 5.81. The molecule has 1 aromatic heterocycles. The first-order valence-corrected chi connectivity index (χ1v) is 11.7. The zero-order valence-electron chi connectivity index (χ0n) is 17.8. The molecule has 1 aliphatic heterocycles. The molecule has 3 aliphatic carbocycles. The van der Waals surface area contributed by atoms with Gasteiger partial charge >= 0.3 is 0 Å². The lowest BCUT2D eigenvalue weighted by Crippen LogP contribution is -2.55. The van der Waals surface area contributed by atoms with Gasteiger partial charge in [0.05, 0.1) is 30.6 Å². The SMILES string of the molecule is CC1(C(CC(=O)Nc2ccc(N3CCOCC34CCCC4)nc2)C2CCC2)CC1. The maximum absolute atomic E-state index is 12.8. The molecule has 1 spiro atoms. The van der Waals surface area contributed by atoms with Crippen LogP contribution < -0.4 is 10.2 Å². The predicted octanol–water partition coefficient (Wildman–Crippen LogP) is 4.78. The van der Waals surface area contributed by atoms with Gasteiger partial charge in [-0.15, -0.1) is 0 Å². The molecule has 1 N–H and O–H groups in total. The number of amides is 1. The summed E-state index contributed by atoms with van der Waals surface area (Å²) >= 11 is 0. The van der Waals surface area contributed by atoms with Crippen LogP contribution in [0.25, 0.3) is 0 Å². The fourth-order valence-corrected chi connectivity index (χ4v) is 5.96. The van der Waals surface area contributed by atoms with Crippen molar-refractivity contribution in [2.45, 2.75) is 76.7 Å². The summed E-state index contributed by atoms with van der Waals surface area (Å²) in [6.45, 7) is 4.86. The number of pyridine rings is 1. The Balaban J connectivity index is 1.23. The number of hydrogen-bond donors (Lipinski definition) is 1. The van der Waals surface area contributed by atoms with Crippen LogP contribution in [0.5, 0.6) is 0 Å². The molecule has 0 radical (unpaired) electrons. The number of anilines is 2. The third-order valence-electron chi connectivity index (χ3n) is 8.30. The standard InChI is InChI=1S/C24H35N3O2/c1-23(11-12-23)20(18-5-4-6-18)15-22(28)26-19-7-8-21(25-16-19)27-13-14-29-17-24(27)9-2-3-10-24/h7-8,16,18,20H,2-6,9-15,17H2,1H3,(H,26,28). The molecule has 0 bridgehead atoms. The Morgan fingerprint density at radius 1 is 1.24 bits per heavy atom. The van der Waals surface area contributed by atoms with E-state index in [2.05, 4.69) is 23.2 Å². The first-order valence-electron chi connectivity index (χ1n) is 11.7. The molecule has 1 amide bonds. The van der Waals surface area contributed by atoms with E-state index in [0.717, 1.165) is 37.2 Å². The second-order valence-corrected chi connectivity index (χ2v) is 10.2. The van der Waals surface area contributed by atoms with Crippen molar-refractivity contribution >= 4 is 17.4 Å². The summed E-state index contributed by atoms with van der Waals surface area (Å²) in [5.74, 6) is 2.49. The number of carbonyl (C=O) groups excluding carboxylic acids is 1. The van der Waals surface area contributed by atoms with Crippen LogP contribution >= 0.6 is 0 Å². The first kappa shape index (κ1) is 19.3. The molecule has 5 rings (SSSR count). The Morgan fingerprint density at radius 2 is 2.03 bits per heavy atom. The van der Waals surface area contributed by atoms with E-state index in [4.69, 9.17) is 9.72 Å². The molecular formula is C24H35N3O2. The van der Waals surface area contributed by atoms with Crippen LogP contribution in [0.15, 0.2) is 18.3 Å². The van der Waals surface area contributed by atoms with Crippen LogP contribution in [0.2, 0.25) is 0 Å². The molecular weight excluding hydrogens is 362 g/mol. The Bertz CT molecular complexity index is 733. The third-order valence-corrected chi connectivity index (χ3v) is 8.30. The molecule has 2 heterocycles.